The van der Waals surface area contributed by atoms with E-state index in [0.29, 0.717) is 42.6 Å². The van der Waals surface area contributed by atoms with Gasteiger partial charge in [0.05, 0.1) is 19.3 Å². The molecular weight excluding hydrogens is 318 g/mol. The van der Waals surface area contributed by atoms with Gasteiger partial charge in [-0.1, -0.05) is 18.2 Å². The number of amides is 2. The maximum atomic E-state index is 12.3. The fraction of sp³-hybridized carbons (Fsp3) is 0.375. The maximum absolute atomic E-state index is 12.3. The Morgan fingerprint density at radius 3 is 2.57 bits per heavy atom. The number of rotatable bonds is 5. The minimum Gasteiger partial charge on any atom is -0.495 e. The first-order valence-corrected chi connectivity index (χ1v) is 7.69. The molecule has 0 aromatic heterocycles. The van der Waals surface area contributed by atoms with Gasteiger partial charge in [-0.2, -0.15) is 0 Å². The predicted molar refractivity (Wildman–Crippen MR) is 89.9 cm³/mol. The molecule has 2 amide bonds. The average Bonchev–Trinajstić information content (AvgIpc) is 2.59. The summed E-state index contributed by atoms with van der Waals surface area (Å²) in [6.07, 6.45) is 1.30. The van der Waals surface area contributed by atoms with Gasteiger partial charge in [-0.25, -0.2) is 0 Å². The van der Waals surface area contributed by atoms with E-state index < -0.39 is 0 Å². The number of nitrogens with one attached hydrogen (secondary N) is 1. The third kappa shape index (κ3) is 4.39. The molecule has 1 aromatic rings. The lowest BCUT2D eigenvalue weighted by Gasteiger charge is -2.34. The molecule has 23 heavy (non-hydrogen) atoms. The molecular formula is C16H20ClN3O3. The SMILES string of the molecule is C=CC(=O)N1CCN(C(=O)CNc2ccc(Cl)cc2OC)CC1. The maximum Gasteiger partial charge on any atom is 0.246 e. The summed E-state index contributed by atoms with van der Waals surface area (Å²) in [4.78, 5) is 27.2. The molecule has 1 heterocycles. The Morgan fingerprint density at radius 1 is 1.30 bits per heavy atom. The smallest absolute Gasteiger partial charge is 0.246 e. The highest BCUT2D eigenvalue weighted by Gasteiger charge is 2.22. The quantitative estimate of drug-likeness (QED) is 0.829. The number of hydrogen-bond acceptors (Lipinski definition) is 4. The third-order valence-corrected chi connectivity index (χ3v) is 3.95. The molecule has 0 unspecified atom stereocenters. The Morgan fingerprint density at radius 2 is 1.96 bits per heavy atom. The average molecular weight is 338 g/mol. The first-order valence-electron chi connectivity index (χ1n) is 7.31. The van der Waals surface area contributed by atoms with Gasteiger partial charge in [0, 0.05) is 37.3 Å². The fourth-order valence-electron chi connectivity index (χ4n) is 2.40. The molecule has 1 aromatic carbocycles. The van der Waals surface area contributed by atoms with Crippen LogP contribution in [0.5, 0.6) is 5.75 Å². The fourth-order valence-corrected chi connectivity index (χ4v) is 2.56. The topological polar surface area (TPSA) is 61.9 Å². The summed E-state index contributed by atoms with van der Waals surface area (Å²) in [5, 5.41) is 3.63. The number of carbonyl (C=O) groups excluding carboxylic acids is 2. The first kappa shape index (κ1) is 17.1. The number of carbonyl (C=O) groups is 2. The Hall–Kier alpha value is -2.21. The van der Waals surface area contributed by atoms with E-state index in [2.05, 4.69) is 11.9 Å². The molecule has 124 valence electrons. The highest BCUT2D eigenvalue weighted by atomic mass is 35.5. The number of ether oxygens (including phenoxy) is 1. The predicted octanol–water partition coefficient (Wildman–Crippen LogP) is 1.62. The summed E-state index contributed by atoms with van der Waals surface area (Å²) < 4.78 is 5.23. The van der Waals surface area contributed by atoms with Gasteiger partial charge in [0.25, 0.3) is 0 Å². The van der Waals surface area contributed by atoms with Crippen molar-refractivity contribution in [3.05, 3.63) is 35.9 Å². The van der Waals surface area contributed by atoms with E-state index in [1.165, 1.54) is 6.08 Å². The zero-order valence-electron chi connectivity index (χ0n) is 13.0. The molecule has 0 aliphatic carbocycles. The first-order chi connectivity index (χ1) is 11.0. The van der Waals surface area contributed by atoms with Gasteiger partial charge < -0.3 is 19.9 Å². The van der Waals surface area contributed by atoms with Gasteiger partial charge in [-0.05, 0) is 18.2 Å². The molecule has 1 N–H and O–H groups in total. The second-order valence-electron chi connectivity index (χ2n) is 5.11. The van der Waals surface area contributed by atoms with Gasteiger partial charge >= 0.3 is 0 Å². The molecule has 1 saturated heterocycles. The Bertz CT molecular complexity index is 598. The number of hydrogen-bond donors (Lipinski definition) is 1. The zero-order chi connectivity index (χ0) is 16.8. The molecule has 0 bridgehead atoms. The molecule has 7 heteroatoms. The number of halogens is 1. The van der Waals surface area contributed by atoms with Crippen LogP contribution in [0.25, 0.3) is 0 Å². The monoisotopic (exact) mass is 337 g/mol. The van der Waals surface area contributed by atoms with Gasteiger partial charge in [-0.3, -0.25) is 9.59 Å². The third-order valence-electron chi connectivity index (χ3n) is 3.71. The van der Waals surface area contributed by atoms with Crippen molar-refractivity contribution in [1.82, 2.24) is 9.80 Å². The number of anilines is 1. The minimum atomic E-state index is -0.0962. The highest BCUT2D eigenvalue weighted by molar-refractivity contribution is 6.30. The van der Waals surface area contributed by atoms with Crippen LogP contribution in [-0.2, 0) is 9.59 Å². The molecule has 0 spiro atoms. The summed E-state index contributed by atoms with van der Waals surface area (Å²) >= 11 is 5.91. The van der Waals surface area contributed by atoms with Gasteiger partial charge in [-0.15, -0.1) is 0 Å². The van der Waals surface area contributed by atoms with Crippen molar-refractivity contribution in [2.24, 2.45) is 0 Å². The highest BCUT2D eigenvalue weighted by Crippen LogP contribution is 2.27. The zero-order valence-corrected chi connectivity index (χ0v) is 13.8. The molecule has 6 nitrogen and oxygen atoms in total. The molecule has 0 radical (unpaired) electrons. The van der Waals surface area contributed by atoms with E-state index in [4.69, 9.17) is 16.3 Å². The van der Waals surface area contributed by atoms with Crippen LogP contribution in [0.15, 0.2) is 30.9 Å². The van der Waals surface area contributed by atoms with Crippen LogP contribution in [0.3, 0.4) is 0 Å². The molecule has 1 fully saturated rings. The van der Waals surface area contributed by atoms with Gasteiger partial charge in [0.1, 0.15) is 5.75 Å². The van der Waals surface area contributed by atoms with Crippen LogP contribution in [0.2, 0.25) is 5.02 Å². The normalized spacial score (nSPS) is 14.3. The molecule has 1 aliphatic heterocycles. The summed E-state index contributed by atoms with van der Waals surface area (Å²) in [6.45, 7) is 5.74. The van der Waals surface area contributed by atoms with E-state index in [-0.39, 0.29) is 18.4 Å². The van der Waals surface area contributed by atoms with Crippen molar-refractivity contribution in [3.63, 3.8) is 0 Å². The molecule has 2 rings (SSSR count). The molecule has 0 saturated carbocycles. The summed E-state index contributed by atoms with van der Waals surface area (Å²) in [7, 11) is 1.55. The lowest BCUT2D eigenvalue weighted by Crippen LogP contribution is -2.51. The largest absolute Gasteiger partial charge is 0.495 e. The van der Waals surface area contributed by atoms with Crippen LogP contribution < -0.4 is 10.1 Å². The van der Waals surface area contributed by atoms with Crippen molar-refractivity contribution in [3.8, 4) is 5.75 Å². The minimum absolute atomic E-state index is 0.0206. The van der Waals surface area contributed by atoms with E-state index in [1.807, 2.05) is 0 Å². The number of piperazine rings is 1. The van der Waals surface area contributed by atoms with Crippen LogP contribution in [-0.4, -0.2) is 61.4 Å². The summed E-state index contributed by atoms with van der Waals surface area (Å²) in [5.41, 5.74) is 0.714. The Labute approximate surface area is 140 Å². The van der Waals surface area contributed by atoms with E-state index >= 15 is 0 Å². The number of benzene rings is 1. The van der Waals surface area contributed by atoms with Crippen molar-refractivity contribution in [1.29, 1.82) is 0 Å². The van der Waals surface area contributed by atoms with Crippen LogP contribution in [0, 0.1) is 0 Å². The van der Waals surface area contributed by atoms with Crippen molar-refractivity contribution >= 4 is 29.1 Å². The van der Waals surface area contributed by atoms with Crippen LogP contribution >= 0.6 is 11.6 Å². The van der Waals surface area contributed by atoms with E-state index in [0.717, 1.165) is 0 Å². The lowest BCUT2D eigenvalue weighted by atomic mass is 10.2. The number of methoxy groups -OCH3 is 1. The lowest BCUT2D eigenvalue weighted by molar-refractivity contribution is -0.135. The standard InChI is InChI=1S/C16H20ClN3O3/c1-3-15(21)19-6-8-20(9-7-19)16(22)11-18-13-5-4-12(17)10-14(13)23-2/h3-5,10,18H,1,6-9,11H2,2H3. The van der Waals surface area contributed by atoms with E-state index in [9.17, 15) is 9.59 Å². The second-order valence-corrected chi connectivity index (χ2v) is 5.54. The van der Waals surface area contributed by atoms with Crippen molar-refractivity contribution in [2.45, 2.75) is 0 Å². The van der Waals surface area contributed by atoms with E-state index in [1.54, 1.807) is 35.1 Å². The van der Waals surface area contributed by atoms with Crippen molar-refractivity contribution in [2.75, 3.05) is 45.2 Å². The second kappa shape index (κ2) is 7.87. The van der Waals surface area contributed by atoms with Gasteiger partial charge in [0.15, 0.2) is 0 Å². The number of nitrogens with zero attached hydrogens (tertiary/aromatic N) is 2. The van der Waals surface area contributed by atoms with Crippen LogP contribution in [0.4, 0.5) is 5.69 Å². The van der Waals surface area contributed by atoms with Gasteiger partial charge in [0.2, 0.25) is 11.8 Å². The molecule has 0 atom stereocenters. The summed E-state index contributed by atoms with van der Waals surface area (Å²) in [6, 6.07) is 5.19. The molecule has 1 aliphatic rings. The summed E-state index contributed by atoms with van der Waals surface area (Å²) in [5.74, 6) is 0.473. The Balaban J connectivity index is 1.86. The van der Waals surface area contributed by atoms with Crippen molar-refractivity contribution < 1.29 is 14.3 Å². The van der Waals surface area contributed by atoms with Crippen LogP contribution in [0.1, 0.15) is 0 Å². The Kier molecular flexibility index (Phi) is 5.87.